The lowest BCUT2D eigenvalue weighted by atomic mass is 9.89. The topological polar surface area (TPSA) is 58.4 Å². The molecule has 0 saturated carbocycles. The van der Waals surface area contributed by atoms with Gasteiger partial charge in [0, 0.05) is 30.4 Å². The average molecular weight is 313 g/mol. The van der Waals surface area contributed by atoms with Gasteiger partial charge >= 0.3 is 0 Å². The van der Waals surface area contributed by atoms with Crippen molar-refractivity contribution in [1.82, 2.24) is 14.7 Å². The Morgan fingerprint density at radius 2 is 1.91 bits per heavy atom. The molecule has 1 aliphatic heterocycles. The second-order valence-electron chi connectivity index (χ2n) is 6.19. The standard InChI is InChI=1S/C18H23N3O2/c22-17(14-21-10-4-9-19-21)13-20-11-7-16(8-12-20)18(23)15-5-2-1-3-6-15/h1-6,9-10,16-17,22H,7-8,11-14H2. The number of aliphatic hydroxyl groups is 1. The molecule has 1 fully saturated rings. The molecule has 3 rings (SSSR count). The van der Waals surface area contributed by atoms with Crippen LogP contribution in [0.15, 0.2) is 48.8 Å². The average Bonchev–Trinajstić information content (AvgIpc) is 3.08. The molecule has 1 aromatic heterocycles. The number of Topliss-reactive ketones (excluding diaryl/α,β-unsaturated/α-hetero) is 1. The highest BCUT2D eigenvalue weighted by atomic mass is 16.3. The van der Waals surface area contributed by atoms with E-state index in [1.807, 2.05) is 42.6 Å². The van der Waals surface area contributed by atoms with E-state index in [4.69, 9.17) is 0 Å². The zero-order chi connectivity index (χ0) is 16.1. The monoisotopic (exact) mass is 313 g/mol. The highest BCUT2D eigenvalue weighted by Crippen LogP contribution is 2.21. The molecular formula is C18H23N3O2. The van der Waals surface area contributed by atoms with Crippen LogP contribution in [-0.2, 0) is 6.54 Å². The maximum Gasteiger partial charge on any atom is 0.166 e. The number of hydrogen-bond acceptors (Lipinski definition) is 4. The molecule has 5 nitrogen and oxygen atoms in total. The number of aliphatic hydroxyl groups excluding tert-OH is 1. The van der Waals surface area contributed by atoms with Crippen LogP contribution in [0.1, 0.15) is 23.2 Å². The molecule has 0 bridgehead atoms. The molecule has 0 radical (unpaired) electrons. The van der Waals surface area contributed by atoms with Gasteiger partial charge in [0.1, 0.15) is 0 Å². The van der Waals surface area contributed by atoms with Gasteiger partial charge in [0.25, 0.3) is 0 Å². The van der Waals surface area contributed by atoms with Gasteiger partial charge in [-0.15, -0.1) is 0 Å². The smallest absolute Gasteiger partial charge is 0.166 e. The van der Waals surface area contributed by atoms with E-state index in [1.54, 1.807) is 10.9 Å². The molecule has 1 aliphatic rings. The maximum atomic E-state index is 12.5. The number of hydrogen-bond donors (Lipinski definition) is 1. The minimum absolute atomic E-state index is 0.108. The molecule has 1 atom stereocenters. The van der Waals surface area contributed by atoms with E-state index in [9.17, 15) is 9.90 Å². The lowest BCUT2D eigenvalue weighted by Gasteiger charge is -2.32. The molecule has 1 aromatic carbocycles. The Morgan fingerprint density at radius 3 is 2.57 bits per heavy atom. The minimum Gasteiger partial charge on any atom is -0.390 e. The molecule has 1 unspecified atom stereocenters. The first-order valence-electron chi connectivity index (χ1n) is 8.19. The van der Waals surface area contributed by atoms with Crippen molar-refractivity contribution in [3.8, 4) is 0 Å². The maximum absolute atomic E-state index is 12.5. The third-order valence-electron chi connectivity index (χ3n) is 4.44. The van der Waals surface area contributed by atoms with Gasteiger partial charge in [-0.2, -0.15) is 5.10 Å². The lowest BCUT2D eigenvalue weighted by molar-refractivity contribution is 0.0668. The molecule has 2 aromatic rings. The molecule has 0 amide bonds. The van der Waals surface area contributed by atoms with Gasteiger partial charge in [0.2, 0.25) is 0 Å². The molecular weight excluding hydrogens is 290 g/mol. The van der Waals surface area contributed by atoms with Crippen LogP contribution in [0.4, 0.5) is 0 Å². The number of likely N-dealkylation sites (tertiary alicyclic amines) is 1. The van der Waals surface area contributed by atoms with Crippen molar-refractivity contribution in [2.45, 2.75) is 25.5 Å². The summed E-state index contributed by atoms with van der Waals surface area (Å²) in [7, 11) is 0. The van der Waals surface area contributed by atoms with Gasteiger partial charge in [-0.3, -0.25) is 9.48 Å². The van der Waals surface area contributed by atoms with Crippen LogP contribution in [0.2, 0.25) is 0 Å². The molecule has 1 N–H and O–H groups in total. The van der Waals surface area contributed by atoms with Gasteiger partial charge in [-0.25, -0.2) is 0 Å². The molecule has 23 heavy (non-hydrogen) atoms. The van der Waals surface area contributed by atoms with Crippen molar-refractivity contribution in [1.29, 1.82) is 0 Å². The van der Waals surface area contributed by atoms with E-state index in [0.717, 1.165) is 31.5 Å². The predicted molar refractivity (Wildman–Crippen MR) is 88.2 cm³/mol. The summed E-state index contributed by atoms with van der Waals surface area (Å²) in [5.41, 5.74) is 0.810. The van der Waals surface area contributed by atoms with E-state index >= 15 is 0 Å². The summed E-state index contributed by atoms with van der Waals surface area (Å²) in [6.07, 6.45) is 4.86. The highest BCUT2D eigenvalue weighted by Gasteiger charge is 2.26. The first-order valence-corrected chi connectivity index (χ1v) is 8.19. The Morgan fingerprint density at radius 1 is 1.17 bits per heavy atom. The van der Waals surface area contributed by atoms with Crippen molar-refractivity contribution in [3.05, 3.63) is 54.4 Å². The van der Waals surface area contributed by atoms with Crippen molar-refractivity contribution in [2.75, 3.05) is 19.6 Å². The van der Waals surface area contributed by atoms with Gasteiger partial charge in [-0.05, 0) is 32.0 Å². The van der Waals surface area contributed by atoms with E-state index in [1.165, 1.54) is 0 Å². The second kappa shape index (κ2) is 7.53. The van der Waals surface area contributed by atoms with Crippen LogP contribution in [0, 0.1) is 5.92 Å². The van der Waals surface area contributed by atoms with Crippen molar-refractivity contribution in [2.24, 2.45) is 5.92 Å². The summed E-state index contributed by atoms with van der Waals surface area (Å²) in [6, 6.07) is 11.4. The van der Waals surface area contributed by atoms with E-state index in [-0.39, 0.29) is 11.7 Å². The van der Waals surface area contributed by atoms with Crippen LogP contribution in [-0.4, -0.2) is 51.3 Å². The summed E-state index contributed by atoms with van der Waals surface area (Å²) in [4.78, 5) is 14.7. The quantitative estimate of drug-likeness (QED) is 0.827. The number of piperidine rings is 1. The number of β-amino-alcohol motifs (C(OH)–C–C–N with tert-alkyl or cyclic N) is 1. The van der Waals surface area contributed by atoms with Crippen molar-refractivity contribution >= 4 is 5.78 Å². The van der Waals surface area contributed by atoms with Crippen LogP contribution in [0.3, 0.4) is 0 Å². The lowest BCUT2D eigenvalue weighted by Crippen LogP contribution is -2.41. The van der Waals surface area contributed by atoms with E-state index in [2.05, 4.69) is 10.00 Å². The summed E-state index contributed by atoms with van der Waals surface area (Å²) in [5.74, 6) is 0.360. The van der Waals surface area contributed by atoms with Crippen molar-refractivity contribution in [3.63, 3.8) is 0 Å². The SMILES string of the molecule is O=C(c1ccccc1)C1CCN(CC(O)Cn2cccn2)CC1. The Balaban J connectivity index is 1.46. The number of rotatable bonds is 6. The third kappa shape index (κ3) is 4.27. The fourth-order valence-electron chi connectivity index (χ4n) is 3.20. The van der Waals surface area contributed by atoms with Gasteiger partial charge < -0.3 is 10.0 Å². The summed E-state index contributed by atoms with van der Waals surface area (Å²) < 4.78 is 1.75. The van der Waals surface area contributed by atoms with Crippen LogP contribution >= 0.6 is 0 Å². The second-order valence-corrected chi connectivity index (χ2v) is 6.19. The third-order valence-corrected chi connectivity index (χ3v) is 4.44. The Hall–Kier alpha value is -1.98. The minimum atomic E-state index is -0.434. The fourth-order valence-corrected chi connectivity index (χ4v) is 3.20. The predicted octanol–water partition coefficient (Wildman–Crippen LogP) is 1.84. The van der Waals surface area contributed by atoms with Crippen LogP contribution in [0.25, 0.3) is 0 Å². The molecule has 5 heteroatoms. The number of carbonyl (C=O) groups excluding carboxylic acids is 1. The zero-order valence-electron chi connectivity index (χ0n) is 13.2. The summed E-state index contributed by atoms with van der Waals surface area (Å²) in [6.45, 7) is 2.86. The Labute approximate surface area is 136 Å². The number of benzene rings is 1. The Bertz CT molecular complexity index is 604. The van der Waals surface area contributed by atoms with Crippen LogP contribution < -0.4 is 0 Å². The van der Waals surface area contributed by atoms with Crippen molar-refractivity contribution < 1.29 is 9.90 Å². The van der Waals surface area contributed by atoms with E-state index in [0.29, 0.717) is 13.1 Å². The zero-order valence-corrected chi connectivity index (χ0v) is 13.2. The largest absolute Gasteiger partial charge is 0.390 e. The molecule has 2 heterocycles. The molecule has 0 spiro atoms. The van der Waals surface area contributed by atoms with Gasteiger partial charge in [0.15, 0.2) is 5.78 Å². The Kier molecular flexibility index (Phi) is 5.20. The first-order chi connectivity index (χ1) is 11.2. The molecule has 1 saturated heterocycles. The number of aromatic nitrogens is 2. The van der Waals surface area contributed by atoms with Crippen LogP contribution in [0.5, 0.6) is 0 Å². The highest BCUT2D eigenvalue weighted by molar-refractivity contribution is 5.97. The number of nitrogens with zero attached hydrogens (tertiary/aromatic N) is 3. The normalized spacial score (nSPS) is 18.0. The summed E-state index contributed by atoms with van der Waals surface area (Å²) >= 11 is 0. The number of carbonyl (C=O) groups is 1. The summed E-state index contributed by atoms with van der Waals surface area (Å²) in [5, 5.41) is 14.3. The number of ketones is 1. The fraction of sp³-hybridized carbons (Fsp3) is 0.444. The van der Waals surface area contributed by atoms with Gasteiger partial charge in [0.05, 0.1) is 12.6 Å². The van der Waals surface area contributed by atoms with Gasteiger partial charge in [-0.1, -0.05) is 30.3 Å². The molecule has 122 valence electrons. The van der Waals surface area contributed by atoms with E-state index < -0.39 is 6.10 Å². The first kappa shape index (κ1) is 15.9. The molecule has 0 aliphatic carbocycles.